The summed E-state index contributed by atoms with van der Waals surface area (Å²) in [5, 5.41) is 3.10. The van der Waals surface area contributed by atoms with Crippen molar-refractivity contribution < 1.29 is 22.4 Å². The summed E-state index contributed by atoms with van der Waals surface area (Å²) in [5.74, 6) is -1.40. The number of carbonyl (C=O) groups is 2. The molecule has 32 heavy (non-hydrogen) atoms. The molecule has 2 aliphatic rings. The molecule has 1 saturated carbocycles. The lowest BCUT2D eigenvalue weighted by molar-refractivity contribution is -0.133. The number of anilines is 1. The molecule has 1 heterocycles. The second kappa shape index (κ2) is 9.87. The molecule has 1 aromatic carbocycles. The minimum Gasteiger partial charge on any atom is -0.351 e. The van der Waals surface area contributed by atoms with Gasteiger partial charge in [-0.25, -0.2) is 12.8 Å². The molecule has 1 saturated heterocycles. The zero-order valence-electron chi connectivity index (χ0n) is 19.2. The van der Waals surface area contributed by atoms with Gasteiger partial charge in [0.15, 0.2) is 0 Å². The Morgan fingerprint density at radius 2 is 1.88 bits per heavy atom. The number of hydrogen-bond donors (Lipinski definition) is 1. The van der Waals surface area contributed by atoms with Gasteiger partial charge < -0.3 is 5.32 Å². The Hall–Kier alpha value is -2.00. The number of hydrogen-bond acceptors (Lipinski definition) is 4. The Morgan fingerprint density at radius 1 is 1.22 bits per heavy atom. The molecule has 7 nitrogen and oxygen atoms in total. The van der Waals surface area contributed by atoms with Gasteiger partial charge in [0.05, 0.1) is 12.3 Å². The topological polar surface area (TPSA) is 86.8 Å². The van der Waals surface area contributed by atoms with Crippen LogP contribution in [-0.2, 0) is 19.6 Å². The van der Waals surface area contributed by atoms with Crippen molar-refractivity contribution in [2.75, 3.05) is 23.7 Å². The summed E-state index contributed by atoms with van der Waals surface area (Å²) in [7, 11) is -3.69. The second-order valence-corrected chi connectivity index (χ2v) is 11.3. The molecular weight excluding hydrogens is 433 g/mol. The van der Waals surface area contributed by atoms with Crippen LogP contribution in [0.15, 0.2) is 18.2 Å². The van der Waals surface area contributed by atoms with Crippen LogP contribution in [0, 0.1) is 12.7 Å². The van der Waals surface area contributed by atoms with E-state index in [1.807, 2.05) is 0 Å². The SMILES string of the molecule is CCCS(=O)(=O)N1CC(=O)N(c2ccc(F)cc2C)C(C)(C(=O)NC2CCCCCC2)C1. The van der Waals surface area contributed by atoms with E-state index in [2.05, 4.69) is 5.32 Å². The van der Waals surface area contributed by atoms with Crippen LogP contribution in [0.3, 0.4) is 0 Å². The fourth-order valence-electron chi connectivity index (χ4n) is 4.76. The minimum absolute atomic E-state index is 0.00397. The maximum Gasteiger partial charge on any atom is 0.247 e. The smallest absolute Gasteiger partial charge is 0.247 e. The Kier molecular flexibility index (Phi) is 7.60. The lowest BCUT2D eigenvalue weighted by Crippen LogP contribution is -2.71. The normalized spacial score (nSPS) is 23.8. The summed E-state index contributed by atoms with van der Waals surface area (Å²) in [4.78, 5) is 28.3. The van der Waals surface area contributed by atoms with E-state index < -0.39 is 27.3 Å². The monoisotopic (exact) mass is 467 g/mol. The predicted molar refractivity (Wildman–Crippen MR) is 122 cm³/mol. The Labute approximate surface area is 190 Å². The molecule has 178 valence electrons. The van der Waals surface area contributed by atoms with E-state index in [1.165, 1.54) is 23.1 Å². The van der Waals surface area contributed by atoms with Crippen molar-refractivity contribution in [1.82, 2.24) is 9.62 Å². The number of sulfonamides is 1. The number of piperazine rings is 1. The summed E-state index contributed by atoms with van der Waals surface area (Å²) in [6.07, 6.45) is 6.46. The Balaban J connectivity index is 2.00. The van der Waals surface area contributed by atoms with Gasteiger partial charge in [-0.3, -0.25) is 14.5 Å². The van der Waals surface area contributed by atoms with Crippen LogP contribution in [0.25, 0.3) is 0 Å². The third-order valence-corrected chi connectivity index (χ3v) is 8.44. The van der Waals surface area contributed by atoms with Gasteiger partial charge in [0.2, 0.25) is 21.8 Å². The second-order valence-electron chi connectivity index (χ2n) is 9.18. The van der Waals surface area contributed by atoms with E-state index in [-0.39, 0.29) is 30.8 Å². The molecule has 1 unspecified atom stereocenters. The molecule has 2 amide bonds. The van der Waals surface area contributed by atoms with Crippen LogP contribution in [0.4, 0.5) is 10.1 Å². The minimum atomic E-state index is -3.69. The highest BCUT2D eigenvalue weighted by atomic mass is 32.2. The van der Waals surface area contributed by atoms with Crippen LogP contribution in [0.2, 0.25) is 0 Å². The number of halogens is 1. The van der Waals surface area contributed by atoms with E-state index >= 15 is 0 Å². The molecule has 0 aromatic heterocycles. The van der Waals surface area contributed by atoms with Crippen molar-refractivity contribution in [3.63, 3.8) is 0 Å². The highest BCUT2D eigenvalue weighted by Gasteiger charge is 2.51. The number of nitrogens with zero attached hydrogens (tertiary/aromatic N) is 2. The number of carbonyl (C=O) groups excluding carboxylic acids is 2. The van der Waals surface area contributed by atoms with Crippen molar-refractivity contribution >= 4 is 27.5 Å². The van der Waals surface area contributed by atoms with Gasteiger partial charge in [0, 0.05) is 18.3 Å². The third kappa shape index (κ3) is 5.14. The van der Waals surface area contributed by atoms with Gasteiger partial charge in [-0.1, -0.05) is 32.6 Å². The molecule has 0 bridgehead atoms. The van der Waals surface area contributed by atoms with Gasteiger partial charge in [-0.2, -0.15) is 4.31 Å². The maximum absolute atomic E-state index is 13.7. The lowest BCUT2D eigenvalue weighted by Gasteiger charge is -2.47. The fourth-order valence-corrected chi connectivity index (χ4v) is 6.29. The summed E-state index contributed by atoms with van der Waals surface area (Å²) in [5.41, 5.74) is -0.524. The first-order chi connectivity index (χ1) is 15.1. The van der Waals surface area contributed by atoms with E-state index in [9.17, 15) is 22.4 Å². The quantitative estimate of drug-likeness (QED) is 0.652. The molecule has 9 heteroatoms. The Bertz CT molecular complexity index is 960. The summed E-state index contributed by atoms with van der Waals surface area (Å²) in [6, 6.07) is 4.04. The maximum atomic E-state index is 13.7. The number of benzene rings is 1. The van der Waals surface area contributed by atoms with Gasteiger partial charge in [-0.05, 0) is 56.9 Å². The molecule has 2 fully saturated rings. The highest BCUT2D eigenvalue weighted by molar-refractivity contribution is 7.89. The summed E-state index contributed by atoms with van der Waals surface area (Å²) < 4.78 is 40.5. The van der Waals surface area contributed by atoms with E-state index in [1.54, 1.807) is 20.8 Å². The van der Waals surface area contributed by atoms with Crippen molar-refractivity contribution in [3.8, 4) is 0 Å². The molecule has 1 aliphatic heterocycles. The number of aryl methyl sites for hydroxylation is 1. The zero-order chi connectivity index (χ0) is 23.5. The largest absolute Gasteiger partial charge is 0.351 e. The van der Waals surface area contributed by atoms with Crippen molar-refractivity contribution in [1.29, 1.82) is 0 Å². The Morgan fingerprint density at radius 3 is 2.47 bits per heavy atom. The van der Waals surface area contributed by atoms with Gasteiger partial charge in [0.25, 0.3) is 0 Å². The number of nitrogens with one attached hydrogen (secondary N) is 1. The molecule has 1 aliphatic carbocycles. The van der Waals surface area contributed by atoms with Crippen LogP contribution in [0.5, 0.6) is 0 Å². The fraction of sp³-hybridized carbons (Fsp3) is 0.652. The van der Waals surface area contributed by atoms with E-state index in [4.69, 9.17) is 0 Å². The van der Waals surface area contributed by atoms with Crippen LogP contribution in [0.1, 0.15) is 64.4 Å². The molecule has 1 atom stereocenters. The molecule has 0 spiro atoms. The molecule has 1 N–H and O–H groups in total. The van der Waals surface area contributed by atoms with Crippen LogP contribution < -0.4 is 10.2 Å². The van der Waals surface area contributed by atoms with E-state index in [0.717, 1.165) is 42.8 Å². The number of amides is 2. The standard InChI is InChI=1S/C23H34FN3O4S/c1-4-13-32(30,31)26-15-21(28)27(20-12-11-18(24)14-17(20)2)23(3,16-26)22(29)25-19-9-7-5-6-8-10-19/h11-12,14,19H,4-10,13,15-16H2,1-3H3,(H,25,29). The first-order valence-electron chi connectivity index (χ1n) is 11.5. The molecule has 0 radical (unpaired) electrons. The first kappa shape index (κ1) is 24.6. The molecule has 1 aromatic rings. The van der Waals surface area contributed by atoms with Crippen molar-refractivity contribution in [2.45, 2.75) is 77.3 Å². The predicted octanol–water partition coefficient (Wildman–Crippen LogP) is 3.12. The zero-order valence-corrected chi connectivity index (χ0v) is 20.0. The first-order valence-corrected chi connectivity index (χ1v) is 13.1. The van der Waals surface area contributed by atoms with Crippen molar-refractivity contribution in [3.05, 3.63) is 29.6 Å². The van der Waals surface area contributed by atoms with E-state index in [0.29, 0.717) is 17.7 Å². The molecular formula is C23H34FN3O4S. The third-order valence-electron chi connectivity index (χ3n) is 6.47. The van der Waals surface area contributed by atoms with Gasteiger partial charge in [-0.15, -0.1) is 0 Å². The van der Waals surface area contributed by atoms with Gasteiger partial charge >= 0.3 is 0 Å². The number of rotatable bonds is 6. The summed E-state index contributed by atoms with van der Waals surface area (Å²) in [6.45, 7) is 4.56. The van der Waals surface area contributed by atoms with Crippen LogP contribution >= 0.6 is 0 Å². The lowest BCUT2D eigenvalue weighted by atomic mass is 9.92. The summed E-state index contributed by atoms with van der Waals surface area (Å²) >= 11 is 0. The molecule has 3 rings (SSSR count). The van der Waals surface area contributed by atoms with Crippen LogP contribution in [-0.4, -0.2) is 55.0 Å². The van der Waals surface area contributed by atoms with Crippen molar-refractivity contribution in [2.24, 2.45) is 0 Å². The average molecular weight is 468 g/mol. The highest BCUT2D eigenvalue weighted by Crippen LogP contribution is 2.33. The average Bonchev–Trinajstić information content (AvgIpc) is 2.97. The van der Waals surface area contributed by atoms with Gasteiger partial charge in [0.1, 0.15) is 11.4 Å².